The van der Waals surface area contributed by atoms with Crippen molar-refractivity contribution in [3.8, 4) is 0 Å². The first-order valence-corrected chi connectivity index (χ1v) is 9.06. The predicted molar refractivity (Wildman–Crippen MR) is 87.6 cm³/mol. The molecule has 3 aliphatic carbocycles. The average Bonchev–Trinajstić information content (AvgIpc) is 2.84. The monoisotopic (exact) mass is 324 g/mol. The molecule has 0 N–H and O–H groups in total. The summed E-state index contributed by atoms with van der Waals surface area (Å²) in [6.07, 6.45) is 16.7. The lowest BCUT2D eigenvalue weighted by atomic mass is 9.69. The third kappa shape index (κ3) is 2.62. The first-order valence-electron chi connectivity index (χ1n) is 8.24. The summed E-state index contributed by atoms with van der Waals surface area (Å²) in [6.45, 7) is 0. The van der Waals surface area contributed by atoms with Gasteiger partial charge in [0.25, 0.3) is 0 Å². The number of halogens is 2. The molecule has 0 radical (unpaired) electrons. The molecule has 0 amide bonds. The van der Waals surface area contributed by atoms with E-state index in [2.05, 4.69) is 18.2 Å². The van der Waals surface area contributed by atoms with Gasteiger partial charge in [-0.1, -0.05) is 41.5 Å². The van der Waals surface area contributed by atoms with Gasteiger partial charge in [0.05, 0.1) is 17.6 Å². The van der Waals surface area contributed by atoms with E-state index in [1.807, 2.05) is 6.08 Å². The van der Waals surface area contributed by atoms with Gasteiger partial charge in [0.1, 0.15) is 0 Å². The molecule has 114 valence electrons. The molecule has 4 rings (SSSR count). The highest BCUT2D eigenvalue weighted by molar-refractivity contribution is 6.31. The largest absolute Gasteiger partial charge is 0.374 e. The molecule has 4 aliphatic rings. The Labute approximate surface area is 137 Å². The van der Waals surface area contributed by atoms with E-state index in [1.54, 1.807) is 5.57 Å². The first kappa shape index (κ1) is 14.4. The minimum absolute atomic E-state index is 0.0811. The van der Waals surface area contributed by atoms with Gasteiger partial charge in [0, 0.05) is 16.9 Å². The van der Waals surface area contributed by atoms with Gasteiger partial charge in [-0.25, -0.2) is 0 Å². The molecular weight excluding hydrogens is 303 g/mol. The Morgan fingerprint density at radius 3 is 2.86 bits per heavy atom. The second-order valence-corrected chi connectivity index (χ2v) is 7.92. The van der Waals surface area contributed by atoms with E-state index in [9.17, 15) is 0 Å². The smallest absolute Gasteiger partial charge is 0.0654 e. The first-order chi connectivity index (χ1) is 10.2. The molecule has 0 aromatic heterocycles. The summed E-state index contributed by atoms with van der Waals surface area (Å²) in [7, 11) is 0. The summed E-state index contributed by atoms with van der Waals surface area (Å²) >= 11 is 12.7. The van der Waals surface area contributed by atoms with E-state index in [0.29, 0.717) is 30.0 Å². The second kappa shape index (κ2) is 5.76. The Bertz CT molecular complexity index is 507. The number of rotatable bonds is 1. The van der Waals surface area contributed by atoms with Crippen LogP contribution in [0.4, 0.5) is 0 Å². The maximum Gasteiger partial charge on any atom is 0.0654 e. The maximum absolute atomic E-state index is 6.37. The van der Waals surface area contributed by atoms with Crippen LogP contribution in [0.2, 0.25) is 0 Å². The lowest BCUT2D eigenvalue weighted by Gasteiger charge is -2.36. The third-order valence-corrected chi connectivity index (χ3v) is 6.16. The molecule has 1 saturated heterocycles. The van der Waals surface area contributed by atoms with E-state index in [1.165, 1.54) is 19.3 Å². The Hall–Kier alpha value is -0.240. The highest BCUT2D eigenvalue weighted by Crippen LogP contribution is 2.50. The molecule has 0 spiro atoms. The molecule has 21 heavy (non-hydrogen) atoms. The van der Waals surface area contributed by atoms with Crippen molar-refractivity contribution in [2.45, 2.75) is 56.1 Å². The van der Waals surface area contributed by atoms with E-state index >= 15 is 0 Å². The summed E-state index contributed by atoms with van der Waals surface area (Å²) in [5, 5.41) is 1.02. The predicted octanol–water partition coefficient (Wildman–Crippen LogP) is 5.20. The van der Waals surface area contributed by atoms with Crippen LogP contribution < -0.4 is 0 Å². The summed E-state index contributed by atoms with van der Waals surface area (Å²) in [5.41, 5.74) is 1.59. The van der Waals surface area contributed by atoms with Crippen LogP contribution in [0, 0.1) is 17.8 Å². The van der Waals surface area contributed by atoms with Crippen LogP contribution in [0.25, 0.3) is 0 Å². The Balaban J connectivity index is 1.62. The molecule has 3 heteroatoms. The van der Waals surface area contributed by atoms with Crippen molar-refractivity contribution in [2.75, 3.05) is 0 Å². The van der Waals surface area contributed by atoms with Crippen LogP contribution in [0.5, 0.6) is 0 Å². The van der Waals surface area contributed by atoms with Crippen LogP contribution in [-0.4, -0.2) is 17.6 Å². The fraction of sp³-hybridized carbons (Fsp3) is 0.667. The van der Waals surface area contributed by atoms with Crippen LogP contribution >= 0.6 is 23.2 Å². The highest BCUT2D eigenvalue weighted by atomic mass is 35.5. The van der Waals surface area contributed by atoms with E-state index < -0.39 is 0 Å². The lowest BCUT2D eigenvalue weighted by molar-refractivity contribution is 0.0220. The van der Waals surface area contributed by atoms with Crippen LogP contribution in [0.3, 0.4) is 0 Å². The average molecular weight is 325 g/mol. The molecule has 1 aliphatic heterocycles. The number of hydrogen-bond acceptors (Lipinski definition) is 1. The zero-order chi connectivity index (χ0) is 14.4. The standard InChI is InChI=1S/C18H22Cl2O/c19-12-8-11(9-13(20)10-12)14-5-3-7-17-18(14)15-4-1-2-6-16(15)21-17/h1,4-5,10-12,15-18H,2-3,6-9H2. The van der Waals surface area contributed by atoms with Crippen molar-refractivity contribution in [1.82, 2.24) is 0 Å². The van der Waals surface area contributed by atoms with Crippen molar-refractivity contribution >= 4 is 23.2 Å². The van der Waals surface area contributed by atoms with E-state index in [0.717, 1.165) is 24.3 Å². The number of fused-ring (bicyclic) bond motifs is 3. The number of ether oxygens (including phenoxy) is 1. The van der Waals surface area contributed by atoms with Gasteiger partial charge < -0.3 is 4.74 Å². The topological polar surface area (TPSA) is 9.23 Å². The van der Waals surface area contributed by atoms with Gasteiger partial charge in [0.2, 0.25) is 0 Å². The molecule has 1 heterocycles. The van der Waals surface area contributed by atoms with Crippen molar-refractivity contribution in [2.24, 2.45) is 17.8 Å². The number of hydrogen-bond donors (Lipinski definition) is 0. The zero-order valence-corrected chi connectivity index (χ0v) is 13.7. The summed E-state index contributed by atoms with van der Waals surface area (Å²) < 4.78 is 6.37. The Morgan fingerprint density at radius 2 is 2.00 bits per heavy atom. The van der Waals surface area contributed by atoms with Crippen molar-refractivity contribution in [1.29, 1.82) is 0 Å². The van der Waals surface area contributed by atoms with Gasteiger partial charge in [-0.05, 0) is 44.4 Å². The third-order valence-electron chi connectivity index (χ3n) is 5.57. The Morgan fingerprint density at radius 1 is 1.14 bits per heavy atom. The quantitative estimate of drug-likeness (QED) is 0.476. The van der Waals surface area contributed by atoms with E-state index in [4.69, 9.17) is 27.9 Å². The summed E-state index contributed by atoms with van der Waals surface area (Å²) in [4.78, 5) is 0. The molecular formula is C18H22Cl2O. The number of alkyl halides is 1. The maximum atomic E-state index is 6.37. The van der Waals surface area contributed by atoms with Gasteiger partial charge in [-0.2, -0.15) is 0 Å². The Kier molecular flexibility index (Phi) is 3.94. The minimum Gasteiger partial charge on any atom is -0.374 e. The molecule has 0 bridgehead atoms. The van der Waals surface area contributed by atoms with Crippen LogP contribution in [-0.2, 0) is 4.74 Å². The second-order valence-electron chi connectivity index (χ2n) is 6.87. The molecule has 6 unspecified atom stereocenters. The molecule has 0 saturated carbocycles. The zero-order valence-electron chi connectivity index (χ0n) is 12.2. The van der Waals surface area contributed by atoms with Gasteiger partial charge in [0.15, 0.2) is 0 Å². The van der Waals surface area contributed by atoms with Gasteiger partial charge in [-0.15, -0.1) is 11.6 Å². The SMILES string of the molecule is ClC1=CC(Cl)CC(C2=CCCC3OC4CCC=CC4C23)C1. The van der Waals surface area contributed by atoms with Crippen molar-refractivity contribution < 1.29 is 4.74 Å². The molecule has 6 atom stereocenters. The van der Waals surface area contributed by atoms with Gasteiger partial charge in [-0.3, -0.25) is 0 Å². The fourth-order valence-electron chi connectivity index (χ4n) is 4.75. The molecule has 0 aromatic rings. The fourth-order valence-corrected chi connectivity index (χ4v) is 5.52. The summed E-state index contributed by atoms with van der Waals surface area (Å²) in [6, 6.07) is 0. The molecule has 1 nitrogen and oxygen atoms in total. The minimum atomic E-state index is 0.0811. The molecule has 0 aromatic carbocycles. The molecule has 1 fully saturated rings. The lowest BCUT2D eigenvalue weighted by Crippen LogP contribution is -2.31. The summed E-state index contributed by atoms with van der Waals surface area (Å²) in [5.74, 6) is 1.65. The van der Waals surface area contributed by atoms with E-state index in [-0.39, 0.29) is 5.38 Å². The van der Waals surface area contributed by atoms with Gasteiger partial charge >= 0.3 is 0 Å². The highest BCUT2D eigenvalue weighted by Gasteiger charge is 2.47. The van der Waals surface area contributed by atoms with Crippen molar-refractivity contribution in [3.63, 3.8) is 0 Å². The normalized spacial score (nSPS) is 45.6. The van der Waals surface area contributed by atoms with Crippen LogP contribution in [0.1, 0.15) is 38.5 Å². The van der Waals surface area contributed by atoms with Crippen molar-refractivity contribution in [3.05, 3.63) is 34.9 Å². The van der Waals surface area contributed by atoms with Crippen LogP contribution in [0.15, 0.2) is 34.9 Å². The number of allylic oxidation sites excluding steroid dienone is 4.